The lowest BCUT2D eigenvalue weighted by atomic mass is 9.82. The van der Waals surface area contributed by atoms with Crippen molar-refractivity contribution in [2.24, 2.45) is 0 Å². The Morgan fingerprint density at radius 1 is 0.433 bits per heavy atom. The highest BCUT2D eigenvalue weighted by Crippen LogP contribution is 2.51. The normalized spacial score (nSPS) is 13.0. The van der Waals surface area contributed by atoms with Crippen molar-refractivity contribution in [3.63, 3.8) is 0 Å². The fraction of sp³-hybridized carbons (Fsp3) is 0.0536. The Bertz CT molecular complexity index is 3460. The zero-order valence-electron chi connectivity index (χ0n) is 33.2. The number of aromatic nitrogens is 1. The van der Waals surface area contributed by atoms with Crippen molar-refractivity contribution in [1.29, 1.82) is 0 Å². The summed E-state index contributed by atoms with van der Waals surface area (Å²) in [6.45, 7) is 4.67. The number of hydrogen-bond donors (Lipinski definition) is 0. The predicted molar refractivity (Wildman–Crippen MR) is 247 cm³/mol. The number of rotatable bonds is 6. The van der Waals surface area contributed by atoms with Crippen LogP contribution in [0.15, 0.2) is 203 Å². The van der Waals surface area contributed by atoms with Crippen molar-refractivity contribution in [2.75, 3.05) is 4.90 Å². The monoisotopic (exact) mass is 770 g/mol. The zero-order chi connectivity index (χ0) is 40.0. The Morgan fingerprint density at radius 2 is 1.08 bits per heavy atom. The first-order valence-electron chi connectivity index (χ1n) is 20.5. The van der Waals surface area contributed by atoms with E-state index in [0.29, 0.717) is 5.89 Å². The van der Waals surface area contributed by atoms with Crippen LogP contribution in [-0.2, 0) is 5.41 Å². The standard InChI is InChI=1S/C56H38N2O2/c1-56(2)48-24-9-8-20-45(48)47-34-41(29-30-49(47)56)58(40-18-10-17-38(33-40)43-21-11-16-35-13-6-7-19-42(35)43)39-27-25-36(26-28-39)44-22-12-23-46-52-50(59-54(44)46)31-32-51-53(52)57-55(60-51)37-14-4-3-5-15-37/h3-34H,1-2H3. The SMILES string of the molecule is CC1(C)c2ccccc2-c2cc(N(c3ccc(-c4cccc5c4oc4ccc6oc(-c7ccccc7)nc6c45)cc3)c3cccc(-c4cccc5ccccc45)c3)ccc21. The third-order valence-corrected chi connectivity index (χ3v) is 12.5. The first kappa shape index (κ1) is 34.4. The van der Waals surface area contributed by atoms with Gasteiger partial charge in [-0.05, 0) is 110 Å². The molecule has 0 spiro atoms. The van der Waals surface area contributed by atoms with Crippen molar-refractivity contribution >= 4 is 60.9 Å². The van der Waals surface area contributed by atoms with Gasteiger partial charge in [0.1, 0.15) is 16.7 Å². The van der Waals surface area contributed by atoms with Gasteiger partial charge in [0.05, 0.1) is 5.39 Å². The average molecular weight is 771 g/mol. The summed E-state index contributed by atoms with van der Waals surface area (Å²) in [5.41, 5.74) is 17.1. The van der Waals surface area contributed by atoms with E-state index in [1.54, 1.807) is 0 Å². The molecular weight excluding hydrogens is 733 g/mol. The van der Waals surface area contributed by atoms with Crippen LogP contribution in [0.2, 0.25) is 0 Å². The molecule has 60 heavy (non-hydrogen) atoms. The van der Waals surface area contributed by atoms with Crippen LogP contribution >= 0.6 is 0 Å². The highest BCUT2D eigenvalue weighted by Gasteiger charge is 2.35. The van der Waals surface area contributed by atoms with Crippen molar-refractivity contribution in [3.05, 3.63) is 205 Å². The summed E-state index contributed by atoms with van der Waals surface area (Å²) in [6, 6.07) is 69.2. The molecule has 2 aromatic heterocycles. The molecule has 0 aliphatic heterocycles. The van der Waals surface area contributed by atoms with Gasteiger partial charge in [-0.15, -0.1) is 0 Å². The summed E-state index contributed by atoms with van der Waals surface area (Å²) in [4.78, 5) is 7.36. The first-order valence-corrected chi connectivity index (χ1v) is 20.5. The number of benzene rings is 9. The number of para-hydroxylation sites is 1. The van der Waals surface area contributed by atoms with E-state index in [0.717, 1.165) is 66.8 Å². The Labute approximate surface area is 347 Å². The molecule has 0 N–H and O–H groups in total. The third-order valence-electron chi connectivity index (χ3n) is 12.5. The lowest BCUT2D eigenvalue weighted by Gasteiger charge is -2.28. The van der Waals surface area contributed by atoms with E-state index >= 15 is 0 Å². The molecule has 0 saturated heterocycles. The maximum absolute atomic E-state index is 6.66. The highest BCUT2D eigenvalue weighted by molar-refractivity contribution is 6.19. The summed E-state index contributed by atoms with van der Waals surface area (Å²) >= 11 is 0. The second kappa shape index (κ2) is 13.2. The van der Waals surface area contributed by atoms with E-state index in [2.05, 4.69) is 170 Å². The van der Waals surface area contributed by atoms with E-state index in [9.17, 15) is 0 Å². The molecule has 0 radical (unpaired) electrons. The number of hydrogen-bond acceptors (Lipinski definition) is 4. The van der Waals surface area contributed by atoms with Crippen LogP contribution in [0.1, 0.15) is 25.0 Å². The van der Waals surface area contributed by atoms with E-state index in [-0.39, 0.29) is 5.41 Å². The topological polar surface area (TPSA) is 42.4 Å². The van der Waals surface area contributed by atoms with Crippen molar-refractivity contribution in [2.45, 2.75) is 19.3 Å². The zero-order valence-corrected chi connectivity index (χ0v) is 33.2. The number of fused-ring (bicyclic) bond motifs is 9. The molecule has 9 aromatic carbocycles. The average Bonchev–Trinajstić information content (AvgIpc) is 3.97. The van der Waals surface area contributed by atoms with Gasteiger partial charge in [-0.25, -0.2) is 4.98 Å². The van der Waals surface area contributed by atoms with E-state index in [4.69, 9.17) is 13.8 Å². The molecule has 0 atom stereocenters. The van der Waals surface area contributed by atoms with Crippen LogP contribution in [0.3, 0.4) is 0 Å². The summed E-state index contributed by atoms with van der Waals surface area (Å²) in [5.74, 6) is 0.600. The molecule has 4 heteroatoms. The maximum Gasteiger partial charge on any atom is 0.227 e. The number of nitrogens with zero attached hydrogens (tertiary/aromatic N) is 2. The maximum atomic E-state index is 6.66. The number of anilines is 3. The molecule has 4 nitrogen and oxygen atoms in total. The molecule has 0 bridgehead atoms. The van der Waals surface area contributed by atoms with Crippen LogP contribution in [0, 0.1) is 0 Å². The molecule has 11 aromatic rings. The summed E-state index contributed by atoms with van der Waals surface area (Å²) in [6.07, 6.45) is 0. The number of furan rings is 1. The lowest BCUT2D eigenvalue weighted by Crippen LogP contribution is -2.15. The van der Waals surface area contributed by atoms with Crippen LogP contribution in [-0.4, -0.2) is 4.98 Å². The molecule has 12 rings (SSSR count). The third kappa shape index (κ3) is 5.27. The van der Waals surface area contributed by atoms with E-state index in [1.165, 1.54) is 44.2 Å². The lowest BCUT2D eigenvalue weighted by molar-refractivity contribution is 0.619. The van der Waals surface area contributed by atoms with Crippen molar-refractivity contribution in [1.82, 2.24) is 4.98 Å². The molecule has 2 heterocycles. The smallest absolute Gasteiger partial charge is 0.227 e. The van der Waals surface area contributed by atoms with Crippen LogP contribution in [0.5, 0.6) is 0 Å². The Morgan fingerprint density at radius 3 is 1.98 bits per heavy atom. The van der Waals surface area contributed by atoms with E-state index < -0.39 is 0 Å². The van der Waals surface area contributed by atoms with Gasteiger partial charge in [-0.2, -0.15) is 0 Å². The summed E-state index contributed by atoms with van der Waals surface area (Å²) in [5, 5.41) is 4.45. The van der Waals surface area contributed by atoms with Gasteiger partial charge in [0.2, 0.25) is 5.89 Å². The van der Waals surface area contributed by atoms with Gasteiger partial charge in [0, 0.05) is 39.0 Å². The molecule has 0 unspecified atom stereocenters. The minimum atomic E-state index is -0.0769. The molecule has 1 aliphatic rings. The summed E-state index contributed by atoms with van der Waals surface area (Å²) in [7, 11) is 0. The second-order valence-corrected chi connectivity index (χ2v) is 16.3. The van der Waals surface area contributed by atoms with Gasteiger partial charge in [-0.3, -0.25) is 0 Å². The quantitative estimate of drug-likeness (QED) is 0.169. The van der Waals surface area contributed by atoms with Crippen LogP contribution in [0.25, 0.3) is 88.6 Å². The molecule has 284 valence electrons. The summed E-state index contributed by atoms with van der Waals surface area (Å²) < 4.78 is 12.9. The highest BCUT2D eigenvalue weighted by atomic mass is 16.4. The van der Waals surface area contributed by atoms with Crippen LogP contribution in [0.4, 0.5) is 17.1 Å². The Balaban J connectivity index is 0.992. The predicted octanol–water partition coefficient (Wildman–Crippen LogP) is 15.7. The van der Waals surface area contributed by atoms with Crippen molar-refractivity contribution < 1.29 is 8.83 Å². The largest absolute Gasteiger partial charge is 0.455 e. The first-order chi connectivity index (χ1) is 29.5. The van der Waals surface area contributed by atoms with Crippen LogP contribution < -0.4 is 4.90 Å². The molecule has 0 amide bonds. The van der Waals surface area contributed by atoms with Gasteiger partial charge >= 0.3 is 0 Å². The number of oxazole rings is 1. The molecule has 0 fully saturated rings. The van der Waals surface area contributed by atoms with Crippen molar-refractivity contribution in [3.8, 4) is 44.8 Å². The minimum Gasteiger partial charge on any atom is -0.455 e. The van der Waals surface area contributed by atoms with Gasteiger partial charge < -0.3 is 13.7 Å². The fourth-order valence-electron chi connectivity index (χ4n) is 9.58. The van der Waals surface area contributed by atoms with Gasteiger partial charge in [0.25, 0.3) is 0 Å². The molecular formula is C56H38N2O2. The van der Waals surface area contributed by atoms with E-state index in [1.807, 2.05) is 42.5 Å². The Hall–Kier alpha value is -7.69. The molecule has 1 aliphatic carbocycles. The second-order valence-electron chi connectivity index (χ2n) is 16.3. The minimum absolute atomic E-state index is 0.0769. The van der Waals surface area contributed by atoms with Gasteiger partial charge in [-0.1, -0.05) is 147 Å². The Kier molecular flexibility index (Phi) is 7.54. The molecule has 0 saturated carbocycles. The van der Waals surface area contributed by atoms with Gasteiger partial charge in [0.15, 0.2) is 5.58 Å². The fourth-order valence-corrected chi connectivity index (χ4v) is 9.58.